The smallest absolute Gasteiger partial charge is 0.387 e. The van der Waals surface area contributed by atoms with Crippen LogP contribution < -0.4 is 15.4 Å². The van der Waals surface area contributed by atoms with Crippen LogP contribution in [0, 0.1) is 6.92 Å². The van der Waals surface area contributed by atoms with Gasteiger partial charge in [0.1, 0.15) is 15.6 Å². The lowest BCUT2D eigenvalue weighted by molar-refractivity contribution is -0.0493. The molecular formula is C19H20F2N2O5S2. The van der Waals surface area contributed by atoms with Gasteiger partial charge in [0, 0.05) is 0 Å². The number of carbonyl (C=O) groups is 2. The van der Waals surface area contributed by atoms with Crippen molar-refractivity contribution in [3.63, 3.8) is 0 Å². The first kappa shape index (κ1) is 23.5. The highest BCUT2D eigenvalue weighted by atomic mass is 32.1. The van der Waals surface area contributed by atoms with E-state index in [0.29, 0.717) is 5.56 Å². The summed E-state index contributed by atoms with van der Waals surface area (Å²) >= 11 is 6.22. The maximum absolute atomic E-state index is 12.6. The molecule has 0 atom stereocenters. The van der Waals surface area contributed by atoms with E-state index >= 15 is 0 Å². The fraction of sp³-hybridized carbons (Fsp3) is 0.316. The number of rotatable bonds is 8. The Morgan fingerprint density at radius 1 is 1.10 bits per heavy atom. The molecule has 1 heterocycles. The van der Waals surface area contributed by atoms with E-state index in [4.69, 9.17) is 21.7 Å². The molecule has 0 aliphatic heterocycles. The quantitative estimate of drug-likeness (QED) is 0.430. The largest absolute Gasteiger partial charge is 0.462 e. The topological polar surface area (TPSA) is 85.9 Å². The number of hydrogen-bond donors (Lipinski definition) is 2. The summed E-state index contributed by atoms with van der Waals surface area (Å²) in [5.74, 6) is -1.31. The van der Waals surface area contributed by atoms with Crippen molar-refractivity contribution < 1.29 is 32.6 Å². The van der Waals surface area contributed by atoms with Crippen molar-refractivity contribution in [2.75, 3.05) is 23.8 Å². The van der Waals surface area contributed by atoms with Crippen LogP contribution in [0.1, 0.15) is 39.4 Å². The van der Waals surface area contributed by atoms with Crippen LogP contribution in [0.5, 0.6) is 5.75 Å². The maximum Gasteiger partial charge on any atom is 0.387 e. The van der Waals surface area contributed by atoms with E-state index in [0.717, 1.165) is 11.3 Å². The lowest BCUT2D eigenvalue weighted by Gasteiger charge is -2.14. The number of anilines is 2. The van der Waals surface area contributed by atoms with Crippen LogP contribution >= 0.6 is 23.6 Å². The molecule has 2 rings (SSSR count). The van der Waals surface area contributed by atoms with Gasteiger partial charge in [-0.3, -0.25) is 0 Å². The molecule has 0 spiro atoms. The first-order chi connectivity index (χ1) is 14.3. The predicted molar refractivity (Wildman–Crippen MR) is 114 cm³/mol. The number of carbonyl (C=O) groups excluding carboxylic acids is 2. The minimum Gasteiger partial charge on any atom is -0.462 e. The molecule has 2 aromatic rings. The molecule has 0 unspecified atom stereocenters. The summed E-state index contributed by atoms with van der Waals surface area (Å²) in [5, 5.41) is 5.84. The number of benzene rings is 1. The number of thiocarbonyl (C=S) groups is 1. The molecule has 162 valence electrons. The summed E-state index contributed by atoms with van der Waals surface area (Å²) in [6, 6.07) is 6.00. The molecule has 0 aliphatic rings. The van der Waals surface area contributed by atoms with Crippen molar-refractivity contribution in [1.29, 1.82) is 0 Å². The van der Waals surface area contributed by atoms with Gasteiger partial charge in [-0.25, -0.2) is 9.59 Å². The Labute approximate surface area is 181 Å². The van der Waals surface area contributed by atoms with Crippen LogP contribution in [-0.2, 0) is 9.47 Å². The van der Waals surface area contributed by atoms with Crippen molar-refractivity contribution in [3.8, 4) is 5.75 Å². The molecule has 0 saturated carbocycles. The van der Waals surface area contributed by atoms with E-state index < -0.39 is 18.6 Å². The SMILES string of the molecule is CCOC(=O)c1sc(NC(=S)Nc2ccccc2OC(F)F)c(C(=O)OCC)c1C. The van der Waals surface area contributed by atoms with Crippen LogP contribution in [-0.4, -0.2) is 36.9 Å². The Balaban J connectivity index is 2.30. The van der Waals surface area contributed by atoms with Gasteiger partial charge >= 0.3 is 18.6 Å². The molecule has 0 saturated heterocycles. The van der Waals surface area contributed by atoms with E-state index in [-0.39, 0.29) is 45.2 Å². The zero-order valence-corrected chi connectivity index (χ0v) is 18.0. The van der Waals surface area contributed by atoms with Crippen molar-refractivity contribution in [3.05, 3.63) is 40.3 Å². The van der Waals surface area contributed by atoms with Crippen LogP contribution in [0.3, 0.4) is 0 Å². The van der Waals surface area contributed by atoms with Gasteiger partial charge < -0.3 is 24.8 Å². The molecular weight excluding hydrogens is 438 g/mol. The van der Waals surface area contributed by atoms with Gasteiger partial charge in [-0.15, -0.1) is 11.3 Å². The molecule has 1 aromatic carbocycles. The molecule has 0 amide bonds. The molecule has 11 heteroatoms. The van der Waals surface area contributed by atoms with Gasteiger partial charge in [-0.1, -0.05) is 12.1 Å². The van der Waals surface area contributed by atoms with E-state index in [2.05, 4.69) is 15.4 Å². The highest BCUT2D eigenvalue weighted by Crippen LogP contribution is 2.35. The van der Waals surface area contributed by atoms with E-state index in [1.54, 1.807) is 26.8 Å². The molecule has 2 N–H and O–H groups in total. The number of esters is 2. The fourth-order valence-electron chi connectivity index (χ4n) is 2.47. The zero-order chi connectivity index (χ0) is 22.3. The number of para-hydroxylation sites is 2. The monoisotopic (exact) mass is 458 g/mol. The number of thiophene rings is 1. The van der Waals surface area contributed by atoms with Crippen LogP contribution in [0.4, 0.5) is 19.5 Å². The van der Waals surface area contributed by atoms with E-state index in [9.17, 15) is 18.4 Å². The Hall–Kier alpha value is -2.79. The van der Waals surface area contributed by atoms with Gasteiger partial charge in [0.05, 0.1) is 24.5 Å². The summed E-state index contributed by atoms with van der Waals surface area (Å²) in [5.41, 5.74) is 0.738. The van der Waals surface area contributed by atoms with E-state index in [1.165, 1.54) is 18.2 Å². The van der Waals surface area contributed by atoms with Crippen molar-refractivity contribution in [1.82, 2.24) is 0 Å². The van der Waals surface area contributed by atoms with Gasteiger partial charge in [-0.05, 0) is 50.7 Å². The average molecular weight is 459 g/mol. The third kappa shape index (κ3) is 5.86. The number of hydrogen-bond acceptors (Lipinski definition) is 7. The molecule has 0 radical (unpaired) electrons. The molecule has 7 nitrogen and oxygen atoms in total. The van der Waals surface area contributed by atoms with Crippen LogP contribution in [0.15, 0.2) is 24.3 Å². The van der Waals surface area contributed by atoms with Crippen molar-refractivity contribution >= 4 is 51.3 Å². The first-order valence-corrected chi connectivity index (χ1v) is 10.1. The van der Waals surface area contributed by atoms with Gasteiger partial charge in [0.15, 0.2) is 5.11 Å². The summed E-state index contributed by atoms with van der Waals surface area (Å²) in [6.07, 6.45) is 0. The van der Waals surface area contributed by atoms with Gasteiger partial charge in [-0.2, -0.15) is 8.78 Å². The third-order valence-electron chi connectivity index (χ3n) is 3.67. The first-order valence-electron chi connectivity index (χ1n) is 8.87. The second kappa shape index (κ2) is 10.8. The third-order valence-corrected chi connectivity index (χ3v) is 5.06. The molecule has 0 bridgehead atoms. The standard InChI is InChI=1S/C19H20F2N2O5S2/c1-4-26-16(24)13-10(3)14(17(25)27-5-2)30-15(13)23-19(29)22-11-8-6-7-9-12(11)28-18(20)21/h6-9,18H,4-5H2,1-3H3,(H2,22,23,29). The summed E-state index contributed by atoms with van der Waals surface area (Å²) in [6.45, 7) is 2.24. The second-order valence-corrected chi connectivity index (χ2v) is 7.08. The molecule has 0 fully saturated rings. The Morgan fingerprint density at radius 3 is 2.37 bits per heavy atom. The molecule has 30 heavy (non-hydrogen) atoms. The predicted octanol–water partition coefficient (Wildman–Crippen LogP) is 4.82. The number of ether oxygens (including phenoxy) is 3. The zero-order valence-electron chi connectivity index (χ0n) is 16.4. The van der Waals surface area contributed by atoms with Crippen molar-refractivity contribution in [2.45, 2.75) is 27.4 Å². The van der Waals surface area contributed by atoms with Crippen LogP contribution in [0.25, 0.3) is 0 Å². The maximum atomic E-state index is 12.6. The highest BCUT2D eigenvalue weighted by molar-refractivity contribution is 7.80. The minimum absolute atomic E-state index is 0.00234. The fourth-order valence-corrected chi connectivity index (χ4v) is 3.84. The Morgan fingerprint density at radius 2 is 1.73 bits per heavy atom. The number of halogens is 2. The second-order valence-electron chi connectivity index (χ2n) is 5.66. The Kier molecular flexibility index (Phi) is 8.48. The van der Waals surface area contributed by atoms with Gasteiger partial charge in [0.2, 0.25) is 0 Å². The summed E-state index contributed by atoms with van der Waals surface area (Å²) < 4.78 is 39.7. The molecule has 1 aromatic heterocycles. The number of nitrogens with one attached hydrogen (secondary N) is 2. The summed E-state index contributed by atoms with van der Waals surface area (Å²) in [4.78, 5) is 24.9. The minimum atomic E-state index is -3.00. The van der Waals surface area contributed by atoms with E-state index in [1.807, 2.05) is 0 Å². The van der Waals surface area contributed by atoms with Gasteiger partial charge in [0.25, 0.3) is 0 Å². The number of alkyl halides is 2. The van der Waals surface area contributed by atoms with Crippen LogP contribution in [0.2, 0.25) is 0 Å². The lowest BCUT2D eigenvalue weighted by Crippen LogP contribution is -2.21. The lowest BCUT2D eigenvalue weighted by atomic mass is 10.1. The normalized spacial score (nSPS) is 10.5. The highest BCUT2D eigenvalue weighted by Gasteiger charge is 2.27. The molecule has 0 aliphatic carbocycles. The van der Waals surface area contributed by atoms with Crippen molar-refractivity contribution in [2.24, 2.45) is 0 Å². The average Bonchev–Trinajstić information content (AvgIpc) is 2.99. The summed E-state index contributed by atoms with van der Waals surface area (Å²) in [7, 11) is 0. The Bertz CT molecular complexity index is 934.